The molecular weight excluding hydrogens is 202 g/mol. The molecule has 0 aliphatic heterocycles. The SMILES string of the molecule is N#Cc1ccncc1NCc1cccnn1. The van der Waals surface area contributed by atoms with Crippen molar-refractivity contribution in [1.29, 1.82) is 5.26 Å². The lowest BCUT2D eigenvalue weighted by atomic mass is 10.2. The molecule has 2 aromatic rings. The third-order valence-electron chi connectivity index (χ3n) is 2.03. The Labute approximate surface area is 92.8 Å². The number of nitrogens with zero attached hydrogens (tertiary/aromatic N) is 4. The van der Waals surface area contributed by atoms with Gasteiger partial charge in [0, 0.05) is 12.4 Å². The maximum absolute atomic E-state index is 8.87. The van der Waals surface area contributed by atoms with E-state index in [1.807, 2.05) is 12.1 Å². The van der Waals surface area contributed by atoms with Crippen molar-refractivity contribution in [2.75, 3.05) is 5.32 Å². The Morgan fingerprint density at radius 3 is 3.00 bits per heavy atom. The summed E-state index contributed by atoms with van der Waals surface area (Å²) in [6.45, 7) is 0.522. The molecule has 78 valence electrons. The lowest BCUT2D eigenvalue weighted by Crippen LogP contribution is -2.03. The van der Waals surface area contributed by atoms with Gasteiger partial charge >= 0.3 is 0 Å². The second-order valence-electron chi connectivity index (χ2n) is 3.10. The van der Waals surface area contributed by atoms with Gasteiger partial charge in [0.25, 0.3) is 0 Å². The van der Waals surface area contributed by atoms with Gasteiger partial charge in [0.1, 0.15) is 6.07 Å². The summed E-state index contributed by atoms with van der Waals surface area (Å²) < 4.78 is 0. The first kappa shape index (κ1) is 10.1. The van der Waals surface area contributed by atoms with Gasteiger partial charge in [0.15, 0.2) is 0 Å². The van der Waals surface area contributed by atoms with Gasteiger partial charge in [0.2, 0.25) is 0 Å². The van der Waals surface area contributed by atoms with E-state index >= 15 is 0 Å². The maximum atomic E-state index is 8.87. The van der Waals surface area contributed by atoms with Crippen LogP contribution in [0.15, 0.2) is 36.8 Å². The fraction of sp³-hybridized carbons (Fsp3) is 0.0909. The van der Waals surface area contributed by atoms with Crippen molar-refractivity contribution in [2.24, 2.45) is 0 Å². The molecule has 0 bridgehead atoms. The summed E-state index contributed by atoms with van der Waals surface area (Å²) in [5.41, 5.74) is 2.09. The summed E-state index contributed by atoms with van der Waals surface area (Å²) in [6.07, 6.45) is 4.83. The molecule has 5 heteroatoms. The van der Waals surface area contributed by atoms with Gasteiger partial charge in [-0.05, 0) is 18.2 Å². The Morgan fingerprint density at radius 2 is 2.25 bits per heavy atom. The van der Waals surface area contributed by atoms with Crippen molar-refractivity contribution in [3.8, 4) is 6.07 Å². The lowest BCUT2D eigenvalue weighted by molar-refractivity contribution is 0.924. The molecule has 2 heterocycles. The minimum Gasteiger partial charge on any atom is -0.377 e. The zero-order valence-electron chi connectivity index (χ0n) is 8.46. The second-order valence-corrected chi connectivity index (χ2v) is 3.10. The first-order valence-electron chi connectivity index (χ1n) is 4.74. The number of nitriles is 1. The molecule has 0 aliphatic rings. The fourth-order valence-corrected chi connectivity index (χ4v) is 1.25. The van der Waals surface area contributed by atoms with Crippen LogP contribution in [0.3, 0.4) is 0 Å². The highest BCUT2D eigenvalue weighted by Gasteiger charge is 2.01. The molecule has 2 rings (SSSR count). The van der Waals surface area contributed by atoms with Crippen LogP contribution in [0.25, 0.3) is 0 Å². The number of anilines is 1. The quantitative estimate of drug-likeness (QED) is 0.829. The predicted octanol–water partition coefficient (Wildman–Crippen LogP) is 1.36. The molecule has 0 unspecified atom stereocenters. The van der Waals surface area contributed by atoms with Crippen LogP contribution >= 0.6 is 0 Å². The highest BCUT2D eigenvalue weighted by Crippen LogP contribution is 2.12. The molecule has 1 N–H and O–H groups in total. The van der Waals surface area contributed by atoms with Gasteiger partial charge in [-0.2, -0.15) is 15.5 Å². The Morgan fingerprint density at radius 1 is 1.31 bits per heavy atom. The van der Waals surface area contributed by atoms with Crippen LogP contribution in [0, 0.1) is 11.3 Å². The zero-order chi connectivity index (χ0) is 11.2. The summed E-state index contributed by atoms with van der Waals surface area (Å²) in [4.78, 5) is 3.96. The summed E-state index contributed by atoms with van der Waals surface area (Å²) in [6, 6.07) is 7.44. The van der Waals surface area contributed by atoms with Gasteiger partial charge in [-0.15, -0.1) is 0 Å². The Bertz CT molecular complexity index is 503. The van der Waals surface area contributed by atoms with Gasteiger partial charge in [-0.3, -0.25) is 4.98 Å². The molecule has 2 aromatic heterocycles. The average molecular weight is 211 g/mol. The average Bonchev–Trinajstić information content (AvgIpc) is 2.38. The van der Waals surface area contributed by atoms with Gasteiger partial charge in [0.05, 0.1) is 29.7 Å². The maximum Gasteiger partial charge on any atom is 0.101 e. The van der Waals surface area contributed by atoms with E-state index in [1.165, 1.54) is 0 Å². The molecular formula is C11H9N5. The molecule has 0 aromatic carbocycles. The van der Waals surface area contributed by atoms with Crippen LogP contribution in [0.2, 0.25) is 0 Å². The van der Waals surface area contributed by atoms with Gasteiger partial charge in [-0.25, -0.2) is 0 Å². The van der Waals surface area contributed by atoms with Crippen LogP contribution in [0.4, 0.5) is 5.69 Å². The van der Waals surface area contributed by atoms with Crippen LogP contribution in [0.1, 0.15) is 11.3 Å². The Hall–Kier alpha value is -2.48. The minimum atomic E-state index is 0.522. The standard InChI is InChI=1S/C11H9N5/c12-6-9-3-5-13-8-11(9)14-7-10-2-1-4-15-16-10/h1-5,8,14H,7H2. The normalized spacial score (nSPS) is 9.44. The molecule has 0 atom stereocenters. The van der Waals surface area contributed by atoms with E-state index in [2.05, 4.69) is 26.6 Å². The van der Waals surface area contributed by atoms with Crippen LogP contribution in [0.5, 0.6) is 0 Å². The molecule has 16 heavy (non-hydrogen) atoms. The van der Waals surface area contributed by atoms with Crippen molar-refractivity contribution >= 4 is 5.69 Å². The highest BCUT2D eigenvalue weighted by atomic mass is 15.1. The molecule has 0 amide bonds. The molecule has 0 aliphatic carbocycles. The molecule has 0 saturated heterocycles. The van der Waals surface area contributed by atoms with E-state index in [0.717, 1.165) is 5.69 Å². The van der Waals surface area contributed by atoms with Crippen molar-refractivity contribution in [2.45, 2.75) is 6.54 Å². The minimum absolute atomic E-state index is 0.522. The number of rotatable bonds is 3. The van der Waals surface area contributed by atoms with Gasteiger partial charge < -0.3 is 5.32 Å². The van der Waals surface area contributed by atoms with Crippen LogP contribution in [-0.4, -0.2) is 15.2 Å². The monoisotopic (exact) mass is 211 g/mol. The van der Waals surface area contributed by atoms with E-state index < -0.39 is 0 Å². The van der Waals surface area contributed by atoms with E-state index in [1.54, 1.807) is 24.7 Å². The molecule has 0 saturated carbocycles. The van der Waals surface area contributed by atoms with Crippen LogP contribution in [-0.2, 0) is 6.54 Å². The van der Waals surface area contributed by atoms with Crippen molar-refractivity contribution in [3.63, 3.8) is 0 Å². The molecule has 0 radical (unpaired) electrons. The number of aromatic nitrogens is 3. The number of nitrogens with one attached hydrogen (secondary N) is 1. The van der Waals surface area contributed by atoms with E-state index in [-0.39, 0.29) is 0 Å². The summed E-state index contributed by atoms with van der Waals surface area (Å²) >= 11 is 0. The lowest BCUT2D eigenvalue weighted by Gasteiger charge is -2.05. The van der Waals surface area contributed by atoms with Crippen molar-refractivity contribution in [1.82, 2.24) is 15.2 Å². The smallest absolute Gasteiger partial charge is 0.101 e. The largest absolute Gasteiger partial charge is 0.377 e. The fourth-order valence-electron chi connectivity index (χ4n) is 1.25. The van der Waals surface area contributed by atoms with E-state index in [4.69, 9.17) is 5.26 Å². The van der Waals surface area contributed by atoms with Crippen molar-refractivity contribution in [3.05, 3.63) is 48.0 Å². The van der Waals surface area contributed by atoms with Crippen LogP contribution < -0.4 is 5.32 Å². The topological polar surface area (TPSA) is 74.5 Å². The van der Waals surface area contributed by atoms with E-state index in [0.29, 0.717) is 17.8 Å². The molecule has 0 fully saturated rings. The second kappa shape index (κ2) is 4.84. The number of pyridine rings is 1. The first-order chi connectivity index (χ1) is 7.90. The first-order valence-corrected chi connectivity index (χ1v) is 4.74. The Kier molecular flexibility index (Phi) is 3.04. The predicted molar refractivity (Wildman–Crippen MR) is 58.3 cm³/mol. The number of hydrogen-bond donors (Lipinski definition) is 1. The zero-order valence-corrected chi connectivity index (χ0v) is 8.46. The summed E-state index contributed by atoms with van der Waals surface area (Å²) in [5, 5.41) is 19.7. The van der Waals surface area contributed by atoms with E-state index in [9.17, 15) is 0 Å². The Balaban J connectivity index is 2.09. The van der Waals surface area contributed by atoms with Crippen molar-refractivity contribution < 1.29 is 0 Å². The number of hydrogen-bond acceptors (Lipinski definition) is 5. The summed E-state index contributed by atoms with van der Waals surface area (Å²) in [7, 11) is 0. The molecule has 5 nitrogen and oxygen atoms in total. The molecule has 0 spiro atoms. The highest BCUT2D eigenvalue weighted by molar-refractivity contribution is 5.55. The summed E-state index contributed by atoms with van der Waals surface area (Å²) in [5.74, 6) is 0. The van der Waals surface area contributed by atoms with Gasteiger partial charge in [-0.1, -0.05) is 0 Å². The third-order valence-corrected chi connectivity index (χ3v) is 2.03. The third kappa shape index (κ3) is 2.30.